The molecule has 2 saturated heterocycles. The van der Waals surface area contributed by atoms with E-state index < -0.39 is 16.1 Å². The molecule has 1 amide bonds. The van der Waals surface area contributed by atoms with Crippen LogP contribution in [0.3, 0.4) is 0 Å². The molecule has 9 heteroatoms. The number of ether oxygens (including phenoxy) is 1. The normalized spacial score (nSPS) is 24.4. The fraction of sp³-hybridized carbons (Fsp3) is 0.667. The molecule has 3 heterocycles. The van der Waals surface area contributed by atoms with Crippen molar-refractivity contribution in [3.63, 3.8) is 0 Å². The molecule has 1 unspecified atom stereocenters. The van der Waals surface area contributed by atoms with E-state index in [9.17, 15) is 13.2 Å². The number of hydrogen-bond donors (Lipinski definition) is 1. The van der Waals surface area contributed by atoms with Crippen LogP contribution in [0.25, 0.3) is 0 Å². The molecule has 116 valence electrons. The Labute approximate surface area is 123 Å². The monoisotopic (exact) mass is 314 g/mol. The SMILES string of the molecule is O=C(C1CCCN1S(=O)(=O)c1cn[nH]c1)N1CCOCC1. The van der Waals surface area contributed by atoms with E-state index in [0.29, 0.717) is 45.7 Å². The van der Waals surface area contributed by atoms with E-state index in [1.165, 1.54) is 16.7 Å². The van der Waals surface area contributed by atoms with Crippen molar-refractivity contribution in [2.24, 2.45) is 0 Å². The second-order valence-corrected chi connectivity index (χ2v) is 7.04. The topological polar surface area (TPSA) is 95.6 Å². The van der Waals surface area contributed by atoms with Gasteiger partial charge in [0.2, 0.25) is 15.9 Å². The fourth-order valence-electron chi connectivity index (χ4n) is 2.78. The Balaban J connectivity index is 1.81. The number of nitrogens with zero attached hydrogens (tertiary/aromatic N) is 3. The summed E-state index contributed by atoms with van der Waals surface area (Å²) >= 11 is 0. The largest absolute Gasteiger partial charge is 0.378 e. The molecule has 0 bridgehead atoms. The first-order valence-electron chi connectivity index (χ1n) is 6.98. The fourth-order valence-corrected chi connectivity index (χ4v) is 4.34. The maximum absolute atomic E-state index is 12.6. The molecule has 0 radical (unpaired) electrons. The lowest BCUT2D eigenvalue weighted by atomic mass is 10.2. The van der Waals surface area contributed by atoms with Gasteiger partial charge in [0.15, 0.2) is 0 Å². The predicted molar refractivity (Wildman–Crippen MR) is 72.9 cm³/mol. The van der Waals surface area contributed by atoms with Crippen LogP contribution in [0.1, 0.15) is 12.8 Å². The van der Waals surface area contributed by atoms with Crippen molar-refractivity contribution < 1.29 is 17.9 Å². The third-order valence-electron chi connectivity index (χ3n) is 3.89. The first-order chi connectivity index (χ1) is 10.1. The number of H-pyrrole nitrogens is 1. The zero-order chi connectivity index (χ0) is 14.9. The Bertz CT molecular complexity index is 595. The highest BCUT2D eigenvalue weighted by atomic mass is 32.2. The van der Waals surface area contributed by atoms with Crippen molar-refractivity contribution in [1.29, 1.82) is 0 Å². The molecule has 1 N–H and O–H groups in total. The van der Waals surface area contributed by atoms with Gasteiger partial charge in [0.25, 0.3) is 0 Å². The van der Waals surface area contributed by atoms with Crippen LogP contribution in [-0.4, -0.2) is 72.6 Å². The van der Waals surface area contributed by atoms with E-state index in [1.54, 1.807) is 4.90 Å². The average molecular weight is 314 g/mol. The van der Waals surface area contributed by atoms with Gasteiger partial charge in [-0.3, -0.25) is 9.89 Å². The molecule has 3 rings (SSSR count). The van der Waals surface area contributed by atoms with Gasteiger partial charge in [0, 0.05) is 25.8 Å². The molecular formula is C12H18N4O4S. The zero-order valence-corrected chi connectivity index (χ0v) is 12.4. The van der Waals surface area contributed by atoms with Crippen LogP contribution in [0.4, 0.5) is 0 Å². The van der Waals surface area contributed by atoms with E-state index in [1.807, 2.05) is 0 Å². The van der Waals surface area contributed by atoms with E-state index >= 15 is 0 Å². The molecule has 0 saturated carbocycles. The Morgan fingerprint density at radius 3 is 2.76 bits per heavy atom. The van der Waals surface area contributed by atoms with Crippen molar-refractivity contribution in [2.45, 2.75) is 23.8 Å². The number of carbonyl (C=O) groups excluding carboxylic acids is 1. The second-order valence-electron chi connectivity index (χ2n) is 5.15. The molecule has 1 aromatic rings. The highest BCUT2D eigenvalue weighted by Gasteiger charge is 2.41. The predicted octanol–water partition coefficient (Wildman–Crippen LogP) is -0.578. The molecule has 1 aromatic heterocycles. The highest BCUT2D eigenvalue weighted by molar-refractivity contribution is 7.89. The van der Waals surface area contributed by atoms with Gasteiger partial charge in [-0.2, -0.15) is 9.40 Å². The minimum Gasteiger partial charge on any atom is -0.378 e. The van der Waals surface area contributed by atoms with Gasteiger partial charge < -0.3 is 9.64 Å². The molecule has 8 nitrogen and oxygen atoms in total. The Kier molecular flexibility index (Phi) is 3.96. The number of aromatic nitrogens is 2. The van der Waals surface area contributed by atoms with Gasteiger partial charge in [0.1, 0.15) is 10.9 Å². The number of carbonyl (C=O) groups is 1. The van der Waals surface area contributed by atoms with E-state index in [0.717, 1.165) is 0 Å². The first-order valence-corrected chi connectivity index (χ1v) is 8.42. The van der Waals surface area contributed by atoms with Crippen LogP contribution < -0.4 is 0 Å². The van der Waals surface area contributed by atoms with Crippen molar-refractivity contribution in [1.82, 2.24) is 19.4 Å². The molecule has 1 atom stereocenters. The van der Waals surface area contributed by atoms with E-state index in [4.69, 9.17) is 4.74 Å². The third-order valence-corrected chi connectivity index (χ3v) is 5.76. The highest BCUT2D eigenvalue weighted by Crippen LogP contribution is 2.27. The lowest BCUT2D eigenvalue weighted by molar-refractivity contribution is -0.138. The number of rotatable bonds is 3. The molecule has 2 aliphatic rings. The van der Waals surface area contributed by atoms with Crippen LogP contribution in [0.5, 0.6) is 0 Å². The Morgan fingerprint density at radius 2 is 2.10 bits per heavy atom. The standard InChI is InChI=1S/C12H18N4O4S/c17-12(15-4-6-20-7-5-15)11-2-1-3-16(11)21(18,19)10-8-13-14-9-10/h8-9,11H,1-7H2,(H,13,14). The zero-order valence-electron chi connectivity index (χ0n) is 11.6. The summed E-state index contributed by atoms with van der Waals surface area (Å²) < 4.78 is 31.7. The number of sulfonamides is 1. The van der Waals surface area contributed by atoms with Gasteiger partial charge in [-0.25, -0.2) is 8.42 Å². The van der Waals surface area contributed by atoms with Crippen molar-refractivity contribution >= 4 is 15.9 Å². The van der Waals surface area contributed by atoms with Gasteiger partial charge in [-0.05, 0) is 12.8 Å². The molecule has 0 spiro atoms. The molecule has 2 fully saturated rings. The summed E-state index contributed by atoms with van der Waals surface area (Å²) in [4.78, 5) is 14.4. The molecule has 21 heavy (non-hydrogen) atoms. The van der Waals surface area contributed by atoms with Crippen LogP contribution >= 0.6 is 0 Å². The van der Waals surface area contributed by atoms with E-state index in [2.05, 4.69) is 10.2 Å². The van der Waals surface area contributed by atoms with Crippen LogP contribution in [0.15, 0.2) is 17.3 Å². The summed E-state index contributed by atoms with van der Waals surface area (Å²) in [6.45, 7) is 2.43. The minimum atomic E-state index is -3.67. The van der Waals surface area contributed by atoms with Crippen molar-refractivity contribution in [3.8, 4) is 0 Å². The summed E-state index contributed by atoms with van der Waals surface area (Å²) in [6.07, 6.45) is 3.86. The summed E-state index contributed by atoms with van der Waals surface area (Å²) in [5, 5.41) is 6.18. The van der Waals surface area contributed by atoms with Crippen LogP contribution in [0, 0.1) is 0 Å². The van der Waals surface area contributed by atoms with Gasteiger partial charge in [0.05, 0.1) is 19.4 Å². The number of aromatic amines is 1. The van der Waals surface area contributed by atoms with Crippen molar-refractivity contribution in [3.05, 3.63) is 12.4 Å². The lowest BCUT2D eigenvalue weighted by Crippen LogP contribution is -2.50. The maximum Gasteiger partial charge on any atom is 0.246 e. The quantitative estimate of drug-likeness (QED) is 0.805. The summed E-state index contributed by atoms with van der Waals surface area (Å²) in [5.74, 6) is -0.122. The van der Waals surface area contributed by atoms with Crippen LogP contribution in [-0.2, 0) is 19.6 Å². The molecule has 0 aliphatic carbocycles. The number of morpholine rings is 1. The Morgan fingerprint density at radius 1 is 1.33 bits per heavy atom. The smallest absolute Gasteiger partial charge is 0.246 e. The molecular weight excluding hydrogens is 296 g/mol. The van der Waals surface area contributed by atoms with Crippen LogP contribution in [0.2, 0.25) is 0 Å². The van der Waals surface area contributed by atoms with E-state index in [-0.39, 0.29) is 10.8 Å². The number of amides is 1. The summed E-state index contributed by atoms with van der Waals surface area (Å²) in [5.41, 5.74) is 0. The summed E-state index contributed by atoms with van der Waals surface area (Å²) in [7, 11) is -3.67. The third kappa shape index (κ3) is 2.68. The lowest BCUT2D eigenvalue weighted by Gasteiger charge is -2.32. The second kappa shape index (κ2) is 5.74. The average Bonchev–Trinajstić information content (AvgIpc) is 3.19. The number of hydrogen-bond acceptors (Lipinski definition) is 5. The van der Waals surface area contributed by atoms with Gasteiger partial charge in [-0.15, -0.1) is 0 Å². The van der Waals surface area contributed by atoms with Crippen molar-refractivity contribution in [2.75, 3.05) is 32.8 Å². The number of nitrogens with one attached hydrogen (secondary N) is 1. The maximum atomic E-state index is 12.6. The Hall–Kier alpha value is -1.45. The minimum absolute atomic E-state index is 0.101. The first kappa shape index (κ1) is 14.5. The van der Waals surface area contributed by atoms with Gasteiger partial charge in [-0.1, -0.05) is 0 Å². The summed E-state index contributed by atoms with van der Waals surface area (Å²) in [6, 6.07) is -0.608. The van der Waals surface area contributed by atoms with Gasteiger partial charge >= 0.3 is 0 Å². The molecule has 0 aromatic carbocycles. The molecule has 2 aliphatic heterocycles.